The summed E-state index contributed by atoms with van der Waals surface area (Å²) in [7, 11) is 0. The number of nitrogens with zero attached hydrogens (tertiary/aromatic N) is 4. The minimum absolute atomic E-state index is 0.0996. The second-order valence-electron chi connectivity index (χ2n) is 6.36. The van der Waals surface area contributed by atoms with E-state index < -0.39 is 0 Å². The van der Waals surface area contributed by atoms with Gasteiger partial charge in [-0.25, -0.2) is 4.98 Å². The van der Waals surface area contributed by atoms with Crippen molar-refractivity contribution >= 4 is 5.91 Å². The molecule has 1 aliphatic heterocycles. The number of carbonyl (C=O) groups excluding carboxylic acids is 1. The Balaban J connectivity index is 1.57. The van der Waals surface area contributed by atoms with E-state index in [1.165, 1.54) is 12.4 Å². The molecule has 3 rings (SSSR count). The molecule has 0 bridgehead atoms. The Labute approximate surface area is 145 Å². The van der Waals surface area contributed by atoms with Crippen LogP contribution in [0.2, 0.25) is 0 Å². The van der Waals surface area contributed by atoms with Gasteiger partial charge in [0, 0.05) is 49.9 Å². The molecular weight excluding hydrogens is 322 g/mol. The molecule has 2 aromatic heterocycles. The zero-order valence-corrected chi connectivity index (χ0v) is 14.4. The molecule has 1 unspecified atom stereocenters. The molecule has 0 spiro atoms. The summed E-state index contributed by atoms with van der Waals surface area (Å²) < 4.78 is 7.42. The summed E-state index contributed by atoms with van der Waals surface area (Å²) in [5.41, 5.74) is 1.50. The number of hydrogen-bond donors (Lipinski definition) is 1. The van der Waals surface area contributed by atoms with Crippen molar-refractivity contribution in [3.8, 4) is 0 Å². The van der Waals surface area contributed by atoms with Gasteiger partial charge in [0.1, 0.15) is 0 Å². The van der Waals surface area contributed by atoms with E-state index in [9.17, 15) is 9.59 Å². The third-order valence-electron chi connectivity index (χ3n) is 4.25. The first-order chi connectivity index (χ1) is 12.1. The number of nitrogens with one attached hydrogen (secondary N) is 1. The van der Waals surface area contributed by atoms with Gasteiger partial charge in [0.2, 0.25) is 5.91 Å². The summed E-state index contributed by atoms with van der Waals surface area (Å²) >= 11 is 0. The van der Waals surface area contributed by atoms with Crippen molar-refractivity contribution < 1.29 is 9.53 Å². The summed E-state index contributed by atoms with van der Waals surface area (Å²) in [4.78, 5) is 32.5. The number of amides is 1. The first-order valence-corrected chi connectivity index (χ1v) is 8.49. The smallest absolute Gasteiger partial charge is 0.250 e. The lowest BCUT2D eigenvalue weighted by molar-refractivity contribution is -0.131. The van der Waals surface area contributed by atoms with Crippen LogP contribution in [0.5, 0.6) is 0 Å². The molecule has 1 aliphatic rings. The van der Waals surface area contributed by atoms with E-state index in [2.05, 4.69) is 15.1 Å². The van der Waals surface area contributed by atoms with Gasteiger partial charge in [-0.2, -0.15) is 5.10 Å². The minimum atomic E-state index is -0.165. The summed E-state index contributed by atoms with van der Waals surface area (Å²) in [6, 6.07) is 3.42. The molecule has 1 atom stereocenters. The highest BCUT2D eigenvalue weighted by Gasteiger charge is 2.23. The van der Waals surface area contributed by atoms with Crippen molar-refractivity contribution in [3.63, 3.8) is 0 Å². The number of aryl methyl sites for hydroxylation is 2. The van der Waals surface area contributed by atoms with E-state index >= 15 is 0 Å². The van der Waals surface area contributed by atoms with E-state index in [0.717, 1.165) is 11.4 Å². The van der Waals surface area contributed by atoms with E-state index in [0.29, 0.717) is 45.7 Å². The maximum atomic E-state index is 12.5. The van der Waals surface area contributed by atoms with Gasteiger partial charge >= 0.3 is 0 Å². The van der Waals surface area contributed by atoms with E-state index in [1.54, 1.807) is 4.68 Å². The quantitative estimate of drug-likeness (QED) is 0.846. The SMILES string of the molecule is Cc1ccn(CCC(=O)N2CCOCC(Cc3cc(=O)[nH]cn3)C2)n1. The Morgan fingerprint density at radius 2 is 2.36 bits per heavy atom. The third-order valence-corrected chi connectivity index (χ3v) is 4.25. The molecule has 25 heavy (non-hydrogen) atoms. The fourth-order valence-corrected chi connectivity index (χ4v) is 3.00. The molecule has 0 aliphatic carbocycles. The maximum absolute atomic E-state index is 12.5. The molecule has 8 nitrogen and oxygen atoms in total. The number of aromatic nitrogens is 4. The molecular formula is C17H23N5O3. The van der Waals surface area contributed by atoms with Crippen molar-refractivity contribution in [2.75, 3.05) is 26.3 Å². The van der Waals surface area contributed by atoms with Crippen LogP contribution in [0.25, 0.3) is 0 Å². The van der Waals surface area contributed by atoms with Crippen molar-refractivity contribution in [3.05, 3.63) is 46.4 Å². The molecule has 0 saturated carbocycles. The van der Waals surface area contributed by atoms with E-state index in [4.69, 9.17) is 4.74 Å². The highest BCUT2D eigenvalue weighted by Crippen LogP contribution is 2.13. The molecule has 1 saturated heterocycles. The zero-order valence-electron chi connectivity index (χ0n) is 14.4. The lowest BCUT2D eigenvalue weighted by Gasteiger charge is -2.23. The zero-order chi connectivity index (χ0) is 17.6. The van der Waals surface area contributed by atoms with Gasteiger partial charge in [0.05, 0.1) is 25.2 Å². The van der Waals surface area contributed by atoms with Crippen LogP contribution in [0.3, 0.4) is 0 Å². The number of ether oxygens (including phenoxy) is 1. The van der Waals surface area contributed by atoms with Crippen LogP contribution in [-0.2, 0) is 22.5 Å². The second kappa shape index (κ2) is 8.06. The van der Waals surface area contributed by atoms with Gasteiger partial charge in [-0.1, -0.05) is 0 Å². The van der Waals surface area contributed by atoms with Gasteiger partial charge < -0.3 is 14.6 Å². The Bertz CT molecular complexity index is 769. The van der Waals surface area contributed by atoms with Gasteiger partial charge in [0.25, 0.3) is 5.56 Å². The van der Waals surface area contributed by atoms with Gasteiger partial charge in [-0.15, -0.1) is 0 Å². The average molecular weight is 345 g/mol. The van der Waals surface area contributed by atoms with Crippen LogP contribution in [0.4, 0.5) is 0 Å². The normalized spacial score (nSPS) is 18.1. The number of hydrogen-bond acceptors (Lipinski definition) is 5. The molecule has 0 radical (unpaired) electrons. The third kappa shape index (κ3) is 4.99. The predicted molar refractivity (Wildman–Crippen MR) is 91.0 cm³/mol. The lowest BCUT2D eigenvalue weighted by atomic mass is 10.0. The first kappa shape index (κ1) is 17.3. The van der Waals surface area contributed by atoms with Crippen molar-refractivity contribution in [2.45, 2.75) is 26.3 Å². The van der Waals surface area contributed by atoms with Gasteiger partial charge in [0.15, 0.2) is 0 Å². The number of H-pyrrole nitrogens is 1. The largest absolute Gasteiger partial charge is 0.379 e. The van der Waals surface area contributed by atoms with Crippen molar-refractivity contribution in [2.24, 2.45) is 5.92 Å². The predicted octanol–water partition coefficient (Wildman–Crippen LogP) is 0.383. The summed E-state index contributed by atoms with van der Waals surface area (Å²) in [6.45, 7) is 4.81. The average Bonchev–Trinajstić information content (AvgIpc) is 2.86. The number of rotatable bonds is 5. The fourth-order valence-electron chi connectivity index (χ4n) is 3.00. The summed E-state index contributed by atoms with van der Waals surface area (Å²) in [5, 5.41) is 4.31. The monoisotopic (exact) mass is 345 g/mol. The van der Waals surface area contributed by atoms with Crippen LogP contribution in [0.15, 0.2) is 29.5 Å². The van der Waals surface area contributed by atoms with Crippen molar-refractivity contribution in [1.82, 2.24) is 24.6 Å². The fraction of sp³-hybridized carbons (Fsp3) is 0.529. The molecule has 0 aromatic carbocycles. The molecule has 8 heteroatoms. The van der Waals surface area contributed by atoms with Crippen LogP contribution < -0.4 is 5.56 Å². The lowest BCUT2D eigenvalue weighted by Crippen LogP contribution is -2.37. The maximum Gasteiger partial charge on any atom is 0.250 e. The van der Waals surface area contributed by atoms with Crippen molar-refractivity contribution in [1.29, 1.82) is 0 Å². The summed E-state index contributed by atoms with van der Waals surface area (Å²) in [5.74, 6) is 0.232. The molecule has 3 heterocycles. The minimum Gasteiger partial charge on any atom is -0.379 e. The molecule has 1 N–H and O–H groups in total. The molecule has 1 amide bonds. The van der Waals surface area contributed by atoms with Gasteiger partial charge in [-0.3, -0.25) is 14.3 Å². The Kier molecular flexibility index (Phi) is 5.60. The summed E-state index contributed by atoms with van der Waals surface area (Å²) in [6.07, 6.45) is 4.32. The highest BCUT2D eigenvalue weighted by atomic mass is 16.5. The highest BCUT2D eigenvalue weighted by molar-refractivity contribution is 5.76. The van der Waals surface area contributed by atoms with E-state index in [1.807, 2.05) is 24.1 Å². The second-order valence-corrected chi connectivity index (χ2v) is 6.36. The number of carbonyl (C=O) groups is 1. The first-order valence-electron chi connectivity index (χ1n) is 8.49. The van der Waals surface area contributed by atoms with Crippen LogP contribution in [0.1, 0.15) is 17.8 Å². The molecule has 134 valence electrons. The molecule has 2 aromatic rings. The van der Waals surface area contributed by atoms with E-state index in [-0.39, 0.29) is 17.4 Å². The molecule has 1 fully saturated rings. The van der Waals surface area contributed by atoms with Crippen LogP contribution in [0, 0.1) is 12.8 Å². The Morgan fingerprint density at radius 1 is 1.48 bits per heavy atom. The van der Waals surface area contributed by atoms with Crippen LogP contribution >= 0.6 is 0 Å². The Morgan fingerprint density at radius 3 is 3.12 bits per heavy atom. The Hall–Kier alpha value is -2.48. The standard InChI is InChI=1S/C17H23N5O3/c1-13-2-4-22(20-13)5-3-17(24)21-6-7-25-11-14(10-21)8-15-9-16(23)19-12-18-15/h2,4,9,12,14H,3,5-8,10-11H2,1H3,(H,18,19,23). The number of aromatic amines is 1. The van der Waals surface area contributed by atoms with Gasteiger partial charge in [-0.05, 0) is 19.4 Å². The topological polar surface area (TPSA) is 93.1 Å². The van der Waals surface area contributed by atoms with Crippen LogP contribution in [-0.4, -0.2) is 56.9 Å².